The molecule has 0 saturated carbocycles. The molecule has 2 rings (SSSR count). The van der Waals surface area contributed by atoms with Crippen LogP contribution in [0.3, 0.4) is 0 Å². The quantitative estimate of drug-likeness (QED) is 0.782. The Morgan fingerprint density at radius 1 is 1.48 bits per heavy atom. The zero-order valence-corrected chi connectivity index (χ0v) is 12.6. The number of carbonyl (C=O) groups is 1. The lowest BCUT2D eigenvalue weighted by molar-refractivity contribution is -0.149. The van der Waals surface area contributed by atoms with E-state index in [9.17, 15) is 4.79 Å². The molecule has 0 aliphatic heterocycles. The largest absolute Gasteiger partial charge is 0.462 e. The molecule has 0 N–H and O–H groups in total. The first-order chi connectivity index (χ1) is 10.1. The highest BCUT2D eigenvalue weighted by molar-refractivity contribution is 5.71. The molecule has 1 aromatic rings. The van der Waals surface area contributed by atoms with Crippen molar-refractivity contribution >= 4 is 11.5 Å². The van der Waals surface area contributed by atoms with Crippen molar-refractivity contribution in [3.05, 3.63) is 41.5 Å². The minimum Gasteiger partial charge on any atom is -0.462 e. The second-order valence-electron chi connectivity index (χ2n) is 5.59. The van der Waals surface area contributed by atoms with Gasteiger partial charge in [-0.25, -0.2) is 0 Å². The molecule has 0 fully saturated rings. The zero-order valence-electron chi connectivity index (χ0n) is 12.6. The maximum Gasteiger partial charge on any atom is 0.306 e. The van der Waals surface area contributed by atoms with Gasteiger partial charge in [0.05, 0.1) is 11.6 Å². The van der Waals surface area contributed by atoms with E-state index >= 15 is 0 Å². The fourth-order valence-corrected chi connectivity index (χ4v) is 2.79. The van der Waals surface area contributed by atoms with Gasteiger partial charge in [0, 0.05) is 12.8 Å². The summed E-state index contributed by atoms with van der Waals surface area (Å²) in [7, 11) is 0. The van der Waals surface area contributed by atoms with Gasteiger partial charge in [-0.3, -0.25) is 4.79 Å². The number of hydrogen-bond acceptors (Lipinski definition) is 3. The van der Waals surface area contributed by atoms with Crippen LogP contribution in [0, 0.1) is 17.2 Å². The summed E-state index contributed by atoms with van der Waals surface area (Å²) in [6.07, 6.45) is 5.05. The van der Waals surface area contributed by atoms with Crippen molar-refractivity contribution in [3.63, 3.8) is 0 Å². The van der Waals surface area contributed by atoms with E-state index in [2.05, 4.69) is 19.1 Å². The summed E-state index contributed by atoms with van der Waals surface area (Å²) in [6.45, 7) is 4.12. The highest BCUT2D eigenvalue weighted by atomic mass is 16.5. The van der Waals surface area contributed by atoms with E-state index in [0.29, 0.717) is 17.9 Å². The summed E-state index contributed by atoms with van der Waals surface area (Å²) < 4.78 is 5.50. The van der Waals surface area contributed by atoms with E-state index in [1.807, 2.05) is 31.2 Å². The van der Waals surface area contributed by atoms with Gasteiger partial charge in [0.25, 0.3) is 0 Å². The first-order valence-corrected chi connectivity index (χ1v) is 7.54. The van der Waals surface area contributed by atoms with Gasteiger partial charge in [-0.2, -0.15) is 5.26 Å². The number of ether oxygens (including phenoxy) is 1. The zero-order chi connectivity index (χ0) is 15.2. The molecule has 0 spiro atoms. The van der Waals surface area contributed by atoms with Crippen LogP contribution >= 0.6 is 0 Å². The van der Waals surface area contributed by atoms with Gasteiger partial charge in [0.15, 0.2) is 0 Å². The summed E-state index contributed by atoms with van der Waals surface area (Å²) in [6, 6.07) is 9.85. The van der Waals surface area contributed by atoms with Crippen molar-refractivity contribution in [2.45, 2.75) is 45.6 Å². The van der Waals surface area contributed by atoms with Crippen LogP contribution in [0.25, 0.3) is 5.57 Å². The van der Waals surface area contributed by atoms with Crippen LogP contribution < -0.4 is 0 Å². The average molecular weight is 283 g/mol. The lowest BCUT2D eigenvalue weighted by Gasteiger charge is -2.27. The van der Waals surface area contributed by atoms with E-state index in [-0.39, 0.29) is 12.1 Å². The molecule has 0 bridgehead atoms. The predicted octanol–water partition coefficient (Wildman–Crippen LogP) is 4.08. The molecule has 3 heteroatoms. The van der Waals surface area contributed by atoms with Crippen LogP contribution in [-0.4, -0.2) is 12.1 Å². The first-order valence-electron chi connectivity index (χ1n) is 7.54. The Hall–Kier alpha value is -2.08. The van der Waals surface area contributed by atoms with Gasteiger partial charge < -0.3 is 4.74 Å². The van der Waals surface area contributed by atoms with Crippen LogP contribution in [0.4, 0.5) is 0 Å². The SMILES string of the molecule is CCCC(=O)OC1CC=C(c2cccc(C#N)c2)C(C)C1. The van der Waals surface area contributed by atoms with Crippen LogP contribution in [-0.2, 0) is 9.53 Å². The van der Waals surface area contributed by atoms with Crippen LogP contribution in [0.5, 0.6) is 0 Å². The Morgan fingerprint density at radius 3 is 2.95 bits per heavy atom. The molecule has 3 nitrogen and oxygen atoms in total. The third-order valence-electron chi connectivity index (χ3n) is 3.83. The van der Waals surface area contributed by atoms with E-state index in [1.54, 1.807) is 0 Å². The third-order valence-corrected chi connectivity index (χ3v) is 3.83. The Kier molecular flexibility index (Phi) is 5.16. The summed E-state index contributed by atoms with van der Waals surface area (Å²) >= 11 is 0. The van der Waals surface area contributed by atoms with Gasteiger partial charge in [0.1, 0.15) is 6.10 Å². The minimum atomic E-state index is -0.0990. The molecule has 1 aliphatic carbocycles. The molecule has 0 aromatic heterocycles. The van der Waals surface area contributed by atoms with E-state index in [4.69, 9.17) is 10.00 Å². The minimum absolute atomic E-state index is 0.0121. The van der Waals surface area contributed by atoms with Gasteiger partial charge >= 0.3 is 5.97 Å². The Bertz CT molecular complexity index is 583. The molecule has 0 heterocycles. The highest BCUT2D eigenvalue weighted by Gasteiger charge is 2.24. The average Bonchev–Trinajstić information content (AvgIpc) is 2.47. The summed E-state index contributed by atoms with van der Waals surface area (Å²) in [5.41, 5.74) is 3.02. The van der Waals surface area contributed by atoms with Gasteiger partial charge in [0.2, 0.25) is 0 Å². The van der Waals surface area contributed by atoms with Crippen molar-refractivity contribution < 1.29 is 9.53 Å². The number of benzene rings is 1. The molecule has 2 atom stereocenters. The van der Waals surface area contributed by atoms with Crippen LogP contribution in [0.1, 0.15) is 50.7 Å². The lowest BCUT2D eigenvalue weighted by Crippen LogP contribution is -2.23. The number of rotatable bonds is 4. The number of hydrogen-bond donors (Lipinski definition) is 0. The fourth-order valence-electron chi connectivity index (χ4n) is 2.79. The van der Waals surface area contributed by atoms with E-state index in [0.717, 1.165) is 24.8 Å². The normalized spacial score (nSPS) is 21.3. The molecule has 1 aromatic carbocycles. The number of esters is 1. The van der Waals surface area contributed by atoms with Crippen molar-refractivity contribution in [1.29, 1.82) is 5.26 Å². The Balaban J connectivity index is 2.08. The molecule has 21 heavy (non-hydrogen) atoms. The highest BCUT2D eigenvalue weighted by Crippen LogP contribution is 2.33. The Labute approximate surface area is 126 Å². The molecule has 1 aliphatic rings. The summed E-state index contributed by atoms with van der Waals surface area (Å²) in [5, 5.41) is 8.99. The lowest BCUT2D eigenvalue weighted by atomic mass is 9.83. The van der Waals surface area contributed by atoms with Crippen molar-refractivity contribution in [2.75, 3.05) is 0 Å². The monoisotopic (exact) mass is 283 g/mol. The molecule has 0 amide bonds. The topological polar surface area (TPSA) is 50.1 Å². The second kappa shape index (κ2) is 7.08. The van der Waals surface area contributed by atoms with E-state index in [1.165, 1.54) is 5.57 Å². The molecular weight excluding hydrogens is 262 g/mol. The smallest absolute Gasteiger partial charge is 0.306 e. The molecule has 110 valence electrons. The molecular formula is C18H21NO2. The van der Waals surface area contributed by atoms with Crippen LogP contribution in [0.15, 0.2) is 30.3 Å². The predicted molar refractivity (Wildman–Crippen MR) is 82.3 cm³/mol. The number of nitriles is 1. The Morgan fingerprint density at radius 2 is 2.29 bits per heavy atom. The van der Waals surface area contributed by atoms with Gasteiger partial charge in [-0.1, -0.05) is 32.1 Å². The van der Waals surface area contributed by atoms with Gasteiger partial charge in [-0.05, 0) is 42.0 Å². The molecule has 0 saturated heterocycles. The number of nitrogens with zero attached hydrogens (tertiary/aromatic N) is 1. The van der Waals surface area contributed by atoms with E-state index < -0.39 is 0 Å². The first kappa shape index (κ1) is 15.3. The fraction of sp³-hybridized carbons (Fsp3) is 0.444. The maximum absolute atomic E-state index is 11.6. The second-order valence-corrected chi connectivity index (χ2v) is 5.59. The number of carbonyl (C=O) groups excluding carboxylic acids is 1. The summed E-state index contributed by atoms with van der Waals surface area (Å²) in [5.74, 6) is 0.227. The molecule has 0 radical (unpaired) electrons. The van der Waals surface area contributed by atoms with Crippen molar-refractivity contribution in [3.8, 4) is 6.07 Å². The van der Waals surface area contributed by atoms with Crippen molar-refractivity contribution in [2.24, 2.45) is 5.92 Å². The third kappa shape index (κ3) is 3.95. The van der Waals surface area contributed by atoms with Crippen molar-refractivity contribution in [1.82, 2.24) is 0 Å². The van der Waals surface area contributed by atoms with Gasteiger partial charge in [-0.15, -0.1) is 0 Å². The summed E-state index contributed by atoms with van der Waals surface area (Å²) in [4.78, 5) is 11.6. The number of allylic oxidation sites excluding steroid dienone is 1. The molecule has 2 unspecified atom stereocenters. The standard InChI is InChI=1S/C18H21NO2/c1-3-5-18(20)21-16-8-9-17(13(2)10-16)15-7-4-6-14(11-15)12-19/h4,6-7,9,11,13,16H,3,5,8,10H2,1-2H3. The van der Waals surface area contributed by atoms with Crippen LogP contribution in [0.2, 0.25) is 0 Å². The maximum atomic E-state index is 11.6.